The van der Waals surface area contributed by atoms with Crippen molar-refractivity contribution in [1.29, 1.82) is 0 Å². The number of methoxy groups -OCH3 is 1. The molecule has 2 rings (SSSR count). The van der Waals surface area contributed by atoms with Crippen molar-refractivity contribution in [2.75, 3.05) is 13.7 Å². The van der Waals surface area contributed by atoms with Crippen molar-refractivity contribution >= 4 is 5.91 Å². The summed E-state index contributed by atoms with van der Waals surface area (Å²) in [4.78, 5) is 11.7. The number of nitrogens with one attached hydrogen (secondary N) is 1. The summed E-state index contributed by atoms with van der Waals surface area (Å²) in [6, 6.07) is 6.02. The van der Waals surface area contributed by atoms with E-state index in [2.05, 4.69) is 25.2 Å². The fourth-order valence-electron chi connectivity index (χ4n) is 2.97. The minimum absolute atomic E-state index is 0.144. The highest BCUT2D eigenvalue weighted by Gasteiger charge is 2.40. The van der Waals surface area contributed by atoms with Gasteiger partial charge in [-0.05, 0) is 43.4 Å². The van der Waals surface area contributed by atoms with E-state index in [1.54, 1.807) is 7.11 Å². The Morgan fingerprint density at radius 1 is 1.33 bits per heavy atom. The summed E-state index contributed by atoms with van der Waals surface area (Å²) in [6.07, 6.45) is 2.32. The first-order chi connectivity index (χ1) is 10.0. The van der Waals surface area contributed by atoms with Gasteiger partial charge < -0.3 is 14.8 Å². The van der Waals surface area contributed by atoms with E-state index in [0.717, 1.165) is 29.9 Å². The number of hydrogen-bond acceptors (Lipinski definition) is 3. The predicted octanol–water partition coefficient (Wildman–Crippen LogP) is 2.94. The molecular weight excluding hydrogens is 266 g/mol. The highest BCUT2D eigenvalue weighted by molar-refractivity contribution is 5.79. The number of carbonyl (C=O) groups excluding carboxylic acids is 1. The molecule has 1 aromatic rings. The van der Waals surface area contributed by atoms with Crippen molar-refractivity contribution in [2.24, 2.45) is 5.92 Å². The molecular formula is C17H25NO3. The maximum absolute atomic E-state index is 11.7. The molecule has 1 unspecified atom stereocenters. The van der Waals surface area contributed by atoms with Crippen molar-refractivity contribution in [3.05, 3.63) is 23.8 Å². The average molecular weight is 291 g/mol. The van der Waals surface area contributed by atoms with Gasteiger partial charge in [0.1, 0.15) is 0 Å². The Morgan fingerprint density at radius 2 is 2.10 bits per heavy atom. The molecule has 0 radical (unpaired) electrons. The molecule has 4 heteroatoms. The van der Waals surface area contributed by atoms with Gasteiger partial charge in [-0.15, -0.1) is 0 Å². The zero-order valence-electron chi connectivity index (χ0n) is 13.4. The Balaban J connectivity index is 2.23. The van der Waals surface area contributed by atoms with Gasteiger partial charge in [0.2, 0.25) is 5.91 Å². The monoisotopic (exact) mass is 291 g/mol. The molecule has 1 aliphatic rings. The van der Waals surface area contributed by atoms with Crippen molar-refractivity contribution in [1.82, 2.24) is 5.32 Å². The second kappa shape index (κ2) is 6.37. The molecule has 1 N–H and O–H groups in total. The van der Waals surface area contributed by atoms with E-state index in [1.165, 1.54) is 0 Å². The van der Waals surface area contributed by atoms with Gasteiger partial charge in [0.05, 0.1) is 13.7 Å². The maximum Gasteiger partial charge on any atom is 0.220 e. The van der Waals surface area contributed by atoms with Crippen molar-refractivity contribution < 1.29 is 14.3 Å². The van der Waals surface area contributed by atoms with E-state index in [1.807, 2.05) is 19.1 Å². The fourth-order valence-corrected chi connectivity index (χ4v) is 2.97. The first-order valence-corrected chi connectivity index (χ1v) is 7.61. The largest absolute Gasteiger partial charge is 0.493 e. The molecule has 4 nitrogen and oxygen atoms in total. The molecule has 1 fully saturated rings. The lowest BCUT2D eigenvalue weighted by Crippen LogP contribution is -2.48. The van der Waals surface area contributed by atoms with Crippen LogP contribution in [0, 0.1) is 5.92 Å². The molecule has 0 aliphatic carbocycles. The van der Waals surface area contributed by atoms with Gasteiger partial charge in [-0.25, -0.2) is 0 Å². The molecule has 1 heterocycles. The smallest absolute Gasteiger partial charge is 0.220 e. The normalized spacial score (nSPS) is 21.5. The van der Waals surface area contributed by atoms with E-state index in [0.29, 0.717) is 18.9 Å². The second-order valence-corrected chi connectivity index (χ2v) is 5.95. The van der Waals surface area contributed by atoms with Gasteiger partial charge in [-0.3, -0.25) is 4.79 Å². The molecule has 1 aliphatic heterocycles. The third-order valence-electron chi connectivity index (χ3n) is 4.34. The van der Waals surface area contributed by atoms with Crippen LogP contribution in [-0.4, -0.2) is 25.2 Å². The van der Waals surface area contributed by atoms with E-state index in [-0.39, 0.29) is 11.4 Å². The van der Waals surface area contributed by atoms with Crippen LogP contribution in [0.15, 0.2) is 18.2 Å². The van der Waals surface area contributed by atoms with E-state index in [4.69, 9.17) is 9.47 Å². The summed E-state index contributed by atoms with van der Waals surface area (Å²) < 4.78 is 11.0. The van der Waals surface area contributed by atoms with Crippen LogP contribution in [-0.2, 0) is 11.2 Å². The molecule has 0 spiro atoms. The lowest BCUT2D eigenvalue weighted by molar-refractivity contribution is -0.120. The number of rotatable bonds is 6. The van der Waals surface area contributed by atoms with E-state index < -0.39 is 0 Å². The predicted molar refractivity (Wildman–Crippen MR) is 82.8 cm³/mol. The number of carbonyl (C=O) groups is 1. The molecule has 0 aromatic heterocycles. The number of ether oxygens (including phenoxy) is 2. The Hall–Kier alpha value is -1.71. The van der Waals surface area contributed by atoms with Gasteiger partial charge in [0, 0.05) is 12.0 Å². The first-order valence-electron chi connectivity index (χ1n) is 7.61. The SMILES string of the molecule is CCOc1ccc(CC2(C(C)C)CCC(=O)N2)cc1OC. The summed E-state index contributed by atoms with van der Waals surface area (Å²) in [6.45, 7) is 6.89. The van der Waals surface area contributed by atoms with Crippen LogP contribution in [0.2, 0.25) is 0 Å². The minimum Gasteiger partial charge on any atom is -0.493 e. The van der Waals surface area contributed by atoms with Crippen molar-refractivity contribution in [2.45, 2.75) is 45.6 Å². The summed E-state index contributed by atoms with van der Waals surface area (Å²) in [7, 11) is 1.65. The van der Waals surface area contributed by atoms with Gasteiger partial charge >= 0.3 is 0 Å². The first kappa shape index (κ1) is 15.7. The van der Waals surface area contributed by atoms with Gasteiger partial charge in [-0.1, -0.05) is 19.9 Å². The van der Waals surface area contributed by atoms with Gasteiger partial charge in [0.15, 0.2) is 11.5 Å². The quantitative estimate of drug-likeness (QED) is 0.876. The molecule has 1 aromatic carbocycles. The lowest BCUT2D eigenvalue weighted by atomic mass is 9.80. The minimum atomic E-state index is -0.144. The Kier molecular flexibility index (Phi) is 4.76. The molecule has 0 saturated carbocycles. The van der Waals surface area contributed by atoms with Crippen LogP contribution in [0.3, 0.4) is 0 Å². The third kappa shape index (κ3) is 3.31. The highest BCUT2D eigenvalue weighted by atomic mass is 16.5. The molecule has 116 valence electrons. The fraction of sp³-hybridized carbons (Fsp3) is 0.588. The summed E-state index contributed by atoms with van der Waals surface area (Å²) in [5.74, 6) is 2.05. The van der Waals surface area contributed by atoms with Crippen LogP contribution in [0.5, 0.6) is 11.5 Å². The molecule has 1 atom stereocenters. The van der Waals surface area contributed by atoms with E-state index >= 15 is 0 Å². The Morgan fingerprint density at radius 3 is 2.62 bits per heavy atom. The van der Waals surface area contributed by atoms with Crippen molar-refractivity contribution in [3.63, 3.8) is 0 Å². The molecule has 1 saturated heterocycles. The van der Waals surface area contributed by atoms with Crippen LogP contribution < -0.4 is 14.8 Å². The third-order valence-corrected chi connectivity index (χ3v) is 4.34. The van der Waals surface area contributed by atoms with Crippen LogP contribution in [0.1, 0.15) is 39.2 Å². The summed E-state index contributed by atoms with van der Waals surface area (Å²) in [5, 5.41) is 3.18. The summed E-state index contributed by atoms with van der Waals surface area (Å²) >= 11 is 0. The van der Waals surface area contributed by atoms with Crippen LogP contribution >= 0.6 is 0 Å². The average Bonchev–Trinajstić information content (AvgIpc) is 2.83. The Labute approximate surface area is 126 Å². The van der Waals surface area contributed by atoms with Crippen molar-refractivity contribution in [3.8, 4) is 11.5 Å². The zero-order chi connectivity index (χ0) is 15.5. The van der Waals surface area contributed by atoms with Crippen LogP contribution in [0.25, 0.3) is 0 Å². The zero-order valence-corrected chi connectivity index (χ0v) is 13.4. The molecule has 0 bridgehead atoms. The van der Waals surface area contributed by atoms with Gasteiger partial charge in [0.25, 0.3) is 0 Å². The van der Waals surface area contributed by atoms with Gasteiger partial charge in [-0.2, -0.15) is 0 Å². The molecule has 21 heavy (non-hydrogen) atoms. The Bertz CT molecular complexity index is 513. The number of benzene rings is 1. The standard InChI is InChI=1S/C17H25NO3/c1-5-21-14-7-6-13(10-15(14)20-4)11-17(12(2)3)9-8-16(19)18-17/h6-7,10,12H,5,8-9,11H2,1-4H3,(H,18,19). The van der Waals surface area contributed by atoms with E-state index in [9.17, 15) is 4.79 Å². The topological polar surface area (TPSA) is 47.6 Å². The second-order valence-electron chi connectivity index (χ2n) is 5.95. The summed E-state index contributed by atoms with van der Waals surface area (Å²) in [5.41, 5.74) is 1.01. The molecule has 1 amide bonds. The number of hydrogen-bond donors (Lipinski definition) is 1. The maximum atomic E-state index is 11.7. The highest BCUT2D eigenvalue weighted by Crippen LogP contribution is 2.35. The van der Waals surface area contributed by atoms with Crippen LogP contribution in [0.4, 0.5) is 0 Å². The number of amides is 1. The lowest BCUT2D eigenvalue weighted by Gasteiger charge is -2.34.